The molecule has 4 aromatic rings. The second kappa shape index (κ2) is 11.2. The quantitative estimate of drug-likeness (QED) is 0.326. The number of nitrogens with one attached hydrogen (secondary N) is 1. The molecule has 0 radical (unpaired) electrons. The predicted octanol–water partition coefficient (Wildman–Crippen LogP) is 4.06. The van der Waals surface area contributed by atoms with E-state index in [1.807, 2.05) is 20.0 Å². The van der Waals surface area contributed by atoms with Gasteiger partial charge in [-0.2, -0.15) is 10.4 Å². The van der Waals surface area contributed by atoms with Gasteiger partial charge < -0.3 is 19.7 Å². The predicted molar refractivity (Wildman–Crippen MR) is 144 cm³/mol. The lowest BCUT2D eigenvalue weighted by molar-refractivity contribution is 0.0784. The van der Waals surface area contributed by atoms with Gasteiger partial charge in [0, 0.05) is 36.6 Å². The van der Waals surface area contributed by atoms with Crippen molar-refractivity contribution in [1.29, 1.82) is 5.26 Å². The molecule has 1 unspecified atom stereocenters. The van der Waals surface area contributed by atoms with Crippen molar-refractivity contribution in [2.75, 3.05) is 19.5 Å². The molecule has 1 saturated carbocycles. The highest BCUT2D eigenvalue weighted by atomic mass is 16.5. The zero-order valence-corrected chi connectivity index (χ0v) is 21.9. The molecule has 11 nitrogen and oxygen atoms in total. The number of methoxy groups -OCH3 is 1. The van der Waals surface area contributed by atoms with Gasteiger partial charge in [0.15, 0.2) is 0 Å². The van der Waals surface area contributed by atoms with E-state index in [0.717, 1.165) is 24.0 Å². The van der Waals surface area contributed by atoms with Crippen molar-refractivity contribution < 1.29 is 14.3 Å². The maximum Gasteiger partial charge on any atom is 0.253 e. The van der Waals surface area contributed by atoms with Crippen molar-refractivity contribution in [1.82, 2.24) is 29.6 Å². The Hall–Kier alpha value is -4.98. The largest absolute Gasteiger partial charge is 0.495 e. The molecule has 1 fully saturated rings. The van der Waals surface area contributed by atoms with E-state index in [1.165, 1.54) is 6.33 Å². The van der Waals surface area contributed by atoms with Crippen LogP contribution in [0, 0.1) is 11.3 Å². The Morgan fingerprint density at radius 2 is 1.97 bits per heavy atom. The van der Waals surface area contributed by atoms with E-state index < -0.39 is 0 Å². The number of hydrogen-bond donors (Lipinski definition) is 1. The molecule has 0 saturated heterocycles. The molecule has 0 bridgehead atoms. The third kappa shape index (κ3) is 5.96. The molecule has 2 aromatic heterocycles. The van der Waals surface area contributed by atoms with E-state index in [1.54, 1.807) is 65.7 Å². The molecule has 1 aliphatic rings. The molecule has 198 valence electrons. The van der Waals surface area contributed by atoms with Gasteiger partial charge in [0.2, 0.25) is 5.95 Å². The minimum Gasteiger partial charge on any atom is -0.495 e. The van der Waals surface area contributed by atoms with E-state index >= 15 is 0 Å². The number of nitriles is 1. The lowest BCUT2D eigenvalue weighted by Crippen LogP contribution is -2.28. The number of aromatic nitrogens is 5. The summed E-state index contributed by atoms with van der Waals surface area (Å²) in [6.07, 6.45) is 8.32. The molecule has 5 rings (SSSR count). The molecule has 1 atom stereocenters. The number of rotatable bonds is 10. The first-order chi connectivity index (χ1) is 18.9. The molecular weight excluding hydrogens is 496 g/mol. The number of ether oxygens (including phenoxy) is 2. The fourth-order valence-electron chi connectivity index (χ4n) is 4.16. The Kier molecular flexibility index (Phi) is 7.36. The van der Waals surface area contributed by atoms with Crippen LogP contribution in [0.5, 0.6) is 11.5 Å². The SMILES string of the molecule is COc1cc(C(=O)N(C)C2CC2)ccc1Nc1ncc(-c2ccc(C#N)c(OC(C)Cn3cncn3)c2)cn1. The van der Waals surface area contributed by atoms with Crippen molar-refractivity contribution in [3.05, 3.63) is 72.6 Å². The van der Waals surface area contributed by atoms with Crippen LogP contribution in [0.1, 0.15) is 35.7 Å². The number of benzene rings is 2. The Balaban J connectivity index is 1.29. The van der Waals surface area contributed by atoms with Crippen molar-refractivity contribution in [2.24, 2.45) is 0 Å². The molecule has 0 aliphatic heterocycles. The second-order valence-electron chi connectivity index (χ2n) is 9.35. The summed E-state index contributed by atoms with van der Waals surface area (Å²) in [5.74, 6) is 1.34. The smallest absolute Gasteiger partial charge is 0.253 e. The van der Waals surface area contributed by atoms with Crippen LogP contribution in [0.3, 0.4) is 0 Å². The average Bonchev–Trinajstić information content (AvgIpc) is 3.69. The van der Waals surface area contributed by atoms with Crippen molar-refractivity contribution in [3.8, 4) is 28.7 Å². The third-order valence-corrected chi connectivity index (χ3v) is 6.44. The van der Waals surface area contributed by atoms with Gasteiger partial charge >= 0.3 is 0 Å². The maximum absolute atomic E-state index is 12.7. The summed E-state index contributed by atoms with van der Waals surface area (Å²) in [4.78, 5) is 27.3. The van der Waals surface area contributed by atoms with Crippen LogP contribution in [0.15, 0.2) is 61.4 Å². The number of amides is 1. The van der Waals surface area contributed by atoms with Gasteiger partial charge in [-0.05, 0) is 55.7 Å². The number of anilines is 2. The first-order valence-corrected chi connectivity index (χ1v) is 12.5. The molecule has 39 heavy (non-hydrogen) atoms. The number of carbonyl (C=O) groups excluding carboxylic acids is 1. The van der Waals surface area contributed by atoms with Gasteiger partial charge in [-0.1, -0.05) is 6.07 Å². The van der Waals surface area contributed by atoms with Gasteiger partial charge in [0.05, 0.1) is 24.9 Å². The normalized spacial score (nSPS) is 13.3. The fraction of sp³-hybridized carbons (Fsp3) is 0.286. The highest BCUT2D eigenvalue weighted by molar-refractivity contribution is 5.95. The van der Waals surface area contributed by atoms with Gasteiger partial charge in [-0.15, -0.1) is 0 Å². The Labute approximate surface area is 226 Å². The molecule has 2 heterocycles. The fourth-order valence-corrected chi connectivity index (χ4v) is 4.16. The molecule has 1 N–H and O–H groups in total. The minimum absolute atomic E-state index is 0.0264. The van der Waals surface area contributed by atoms with Crippen LogP contribution in [-0.2, 0) is 6.54 Å². The summed E-state index contributed by atoms with van der Waals surface area (Å²) in [5, 5.41) is 16.8. The zero-order chi connectivity index (χ0) is 27.4. The molecule has 2 aromatic carbocycles. The summed E-state index contributed by atoms with van der Waals surface area (Å²) >= 11 is 0. The Morgan fingerprint density at radius 3 is 2.64 bits per heavy atom. The number of hydrogen-bond acceptors (Lipinski definition) is 9. The third-order valence-electron chi connectivity index (χ3n) is 6.44. The van der Waals surface area contributed by atoms with Gasteiger partial charge in [-0.25, -0.2) is 19.6 Å². The van der Waals surface area contributed by atoms with Crippen LogP contribution in [0.4, 0.5) is 11.6 Å². The highest BCUT2D eigenvalue weighted by Crippen LogP contribution is 2.32. The number of carbonyl (C=O) groups is 1. The number of nitrogens with zero attached hydrogens (tertiary/aromatic N) is 7. The Bertz CT molecular complexity index is 1490. The first kappa shape index (κ1) is 25.7. The molecule has 11 heteroatoms. The zero-order valence-electron chi connectivity index (χ0n) is 21.9. The average molecular weight is 525 g/mol. The van der Waals surface area contributed by atoms with Gasteiger partial charge in [-0.3, -0.25) is 4.79 Å². The summed E-state index contributed by atoms with van der Waals surface area (Å²) < 4.78 is 13.2. The molecule has 0 spiro atoms. The molecule has 1 aliphatic carbocycles. The van der Waals surface area contributed by atoms with Crippen molar-refractivity contribution >= 4 is 17.5 Å². The van der Waals surface area contributed by atoms with Crippen LogP contribution in [0.2, 0.25) is 0 Å². The maximum atomic E-state index is 12.7. The van der Waals surface area contributed by atoms with E-state index in [-0.39, 0.29) is 12.0 Å². The van der Waals surface area contributed by atoms with Gasteiger partial charge in [0.25, 0.3) is 5.91 Å². The van der Waals surface area contributed by atoms with E-state index in [4.69, 9.17) is 9.47 Å². The molecule has 1 amide bonds. The summed E-state index contributed by atoms with van der Waals surface area (Å²) in [5.41, 5.74) is 3.21. The van der Waals surface area contributed by atoms with Crippen molar-refractivity contribution in [2.45, 2.75) is 38.5 Å². The second-order valence-corrected chi connectivity index (χ2v) is 9.35. The summed E-state index contributed by atoms with van der Waals surface area (Å²) in [6, 6.07) is 13.1. The molecular formula is C28H28N8O3. The monoisotopic (exact) mass is 524 g/mol. The standard InChI is InChI=1S/C28H28N8O3/c1-18(15-36-17-30-16-33-36)39-25-10-19(4-5-21(25)12-29)22-13-31-28(32-14-22)34-24-9-6-20(11-26(24)38-3)27(37)35(2)23-7-8-23/h4-6,9-11,13-14,16-18,23H,7-8,15H2,1-3H3,(H,31,32,34). The van der Waals surface area contributed by atoms with Crippen LogP contribution >= 0.6 is 0 Å². The minimum atomic E-state index is -0.234. The first-order valence-electron chi connectivity index (χ1n) is 12.5. The lowest BCUT2D eigenvalue weighted by Gasteiger charge is -2.18. The van der Waals surface area contributed by atoms with E-state index in [9.17, 15) is 10.1 Å². The van der Waals surface area contributed by atoms with Crippen molar-refractivity contribution in [3.63, 3.8) is 0 Å². The van der Waals surface area contributed by atoms with Crippen LogP contribution in [0.25, 0.3) is 11.1 Å². The van der Waals surface area contributed by atoms with E-state index in [2.05, 4.69) is 31.4 Å². The highest BCUT2D eigenvalue weighted by Gasteiger charge is 2.30. The van der Waals surface area contributed by atoms with Gasteiger partial charge in [0.1, 0.15) is 36.3 Å². The lowest BCUT2D eigenvalue weighted by atomic mass is 10.1. The van der Waals surface area contributed by atoms with E-state index in [0.29, 0.717) is 46.8 Å². The topological polar surface area (TPSA) is 131 Å². The van der Waals surface area contributed by atoms with Crippen LogP contribution < -0.4 is 14.8 Å². The van der Waals surface area contributed by atoms with Crippen LogP contribution in [-0.4, -0.2) is 61.8 Å². The Morgan fingerprint density at radius 1 is 1.18 bits per heavy atom. The summed E-state index contributed by atoms with van der Waals surface area (Å²) in [6.45, 7) is 2.40. The summed E-state index contributed by atoms with van der Waals surface area (Å²) in [7, 11) is 3.39.